The molecular weight excluding hydrogens is 314 g/mol. The molecule has 0 amide bonds. The standard InChI is InChI=1S/C12H17N3O2S3/c1-8(12-14-3-4-18-12)7-15-20(16,17)11-5-10(6-13)19-9(11)2/h3-5,8,15H,6-7,13H2,1-2H3. The second-order valence-corrected chi connectivity index (χ2v) is 8.46. The van der Waals surface area contributed by atoms with Crippen LogP contribution in [0.1, 0.15) is 27.6 Å². The van der Waals surface area contributed by atoms with Gasteiger partial charge in [-0.15, -0.1) is 22.7 Å². The Morgan fingerprint density at radius 2 is 2.25 bits per heavy atom. The molecule has 0 fully saturated rings. The fourth-order valence-corrected chi connectivity index (χ4v) is 5.11. The van der Waals surface area contributed by atoms with Crippen LogP contribution in [0, 0.1) is 6.92 Å². The van der Waals surface area contributed by atoms with E-state index in [9.17, 15) is 8.42 Å². The van der Waals surface area contributed by atoms with Crippen LogP contribution < -0.4 is 10.5 Å². The first-order valence-corrected chi connectivity index (χ1v) is 9.30. The second kappa shape index (κ2) is 6.31. The molecule has 0 aliphatic rings. The minimum Gasteiger partial charge on any atom is -0.326 e. The average molecular weight is 331 g/mol. The van der Waals surface area contributed by atoms with Gasteiger partial charge in [0.1, 0.15) is 0 Å². The summed E-state index contributed by atoms with van der Waals surface area (Å²) in [5, 5.41) is 2.81. The van der Waals surface area contributed by atoms with Gasteiger partial charge in [0.05, 0.1) is 9.90 Å². The van der Waals surface area contributed by atoms with Gasteiger partial charge in [0.15, 0.2) is 0 Å². The third-order valence-electron chi connectivity index (χ3n) is 2.87. The van der Waals surface area contributed by atoms with Gasteiger partial charge in [0.25, 0.3) is 0 Å². The largest absolute Gasteiger partial charge is 0.326 e. The molecule has 20 heavy (non-hydrogen) atoms. The Hall–Kier alpha value is -0.800. The summed E-state index contributed by atoms with van der Waals surface area (Å²) in [5.74, 6) is 0.0534. The predicted octanol–water partition coefficient (Wildman–Crippen LogP) is 2.05. The third kappa shape index (κ3) is 3.44. The molecule has 0 saturated carbocycles. The van der Waals surface area contributed by atoms with E-state index < -0.39 is 10.0 Å². The Bertz CT molecular complexity index is 662. The van der Waals surface area contributed by atoms with Crippen LogP contribution in [0.5, 0.6) is 0 Å². The molecule has 2 rings (SSSR count). The van der Waals surface area contributed by atoms with Gasteiger partial charge in [-0.3, -0.25) is 0 Å². The highest BCUT2D eigenvalue weighted by Crippen LogP contribution is 2.25. The first kappa shape index (κ1) is 15.6. The summed E-state index contributed by atoms with van der Waals surface area (Å²) in [4.78, 5) is 6.16. The highest BCUT2D eigenvalue weighted by molar-refractivity contribution is 7.89. The lowest BCUT2D eigenvalue weighted by Crippen LogP contribution is -2.27. The maximum atomic E-state index is 12.3. The van der Waals surface area contributed by atoms with Crippen LogP contribution in [0.15, 0.2) is 22.5 Å². The molecule has 0 aliphatic heterocycles. The molecule has 2 heterocycles. The molecule has 2 aromatic rings. The Morgan fingerprint density at radius 3 is 2.80 bits per heavy atom. The zero-order valence-electron chi connectivity index (χ0n) is 11.3. The Balaban J connectivity index is 2.09. The highest BCUT2D eigenvalue weighted by atomic mass is 32.2. The van der Waals surface area contributed by atoms with E-state index in [1.165, 1.54) is 22.7 Å². The lowest BCUT2D eigenvalue weighted by Gasteiger charge is -2.10. The molecule has 5 nitrogen and oxygen atoms in total. The van der Waals surface area contributed by atoms with E-state index in [4.69, 9.17) is 5.73 Å². The number of thiophene rings is 1. The first-order valence-electron chi connectivity index (χ1n) is 6.12. The maximum absolute atomic E-state index is 12.3. The number of nitrogens with one attached hydrogen (secondary N) is 1. The van der Waals surface area contributed by atoms with Gasteiger partial charge in [-0.05, 0) is 13.0 Å². The van der Waals surface area contributed by atoms with Gasteiger partial charge >= 0.3 is 0 Å². The van der Waals surface area contributed by atoms with Crippen molar-refractivity contribution in [2.75, 3.05) is 6.54 Å². The number of nitrogens with zero attached hydrogens (tertiary/aromatic N) is 1. The third-order valence-corrected chi connectivity index (χ3v) is 6.63. The van der Waals surface area contributed by atoms with E-state index >= 15 is 0 Å². The summed E-state index contributed by atoms with van der Waals surface area (Å²) >= 11 is 2.95. The quantitative estimate of drug-likeness (QED) is 0.848. The van der Waals surface area contributed by atoms with Gasteiger partial charge in [0.2, 0.25) is 10.0 Å². The number of hydrogen-bond acceptors (Lipinski definition) is 6. The summed E-state index contributed by atoms with van der Waals surface area (Å²) in [6, 6.07) is 1.65. The number of sulfonamides is 1. The van der Waals surface area contributed by atoms with Crippen molar-refractivity contribution in [2.45, 2.75) is 31.2 Å². The summed E-state index contributed by atoms with van der Waals surface area (Å²) < 4.78 is 27.2. The second-order valence-electron chi connectivity index (χ2n) is 4.46. The molecule has 0 bridgehead atoms. The van der Waals surface area contributed by atoms with Crippen molar-refractivity contribution in [3.05, 3.63) is 32.4 Å². The van der Waals surface area contributed by atoms with E-state index in [1.807, 2.05) is 12.3 Å². The number of aryl methyl sites for hydroxylation is 1. The van der Waals surface area contributed by atoms with E-state index in [1.54, 1.807) is 19.2 Å². The smallest absolute Gasteiger partial charge is 0.241 e. The predicted molar refractivity (Wildman–Crippen MR) is 82.7 cm³/mol. The van der Waals surface area contributed by atoms with Crippen LogP contribution in [-0.4, -0.2) is 19.9 Å². The molecule has 0 saturated heterocycles. The monoisotopic (exact) mass is 331 g/mol. The van der Waals surface area contributed by atoms with Crippen LogP contribution in [-0.2, 0) is 16.6 Å². The normalized spacial score (nSPS) is 13.6. The summed E-state index contributed by atoms with van der Waals surface area (Å²) in [6.07, 6.45) is 1.72. The number of aromatic nitrogens is 1. The first-order chi connectivity index (χ1) is 9.44. The molecule has 110 valence electrons. The van der Waals surface area contributed by atoms with Crippen LogP contribution in [0.2, 0.25) is 0 Å². The van der Waals surface area contributed by atoms with E-state index in [-0.39, 0.29) is 5.92 Å². The maximum Gasteiger partial charge on any atom is 0.241 e. The zero-order valence-corrected chi connectivity index (χ0v) is 13.7. The lowest BCUT2D eigenvalue weighted by molar-refractivity contribution is 0.574. The van der Waals surface area contributed by atoms with Crippen molar-refractivity contribution < 1.29 is 8.42 Å². The van der Waals surface area contributed by atoms with E-state index in [0.717, 1.165) is 14.8 Å². The Kier molecular flexibility index (Phi) is 4.92. The SMILES string of the molecule is Cc1sc(CN)cc1S(=O)(=O)NCC(C)c1nccs1. The molecule has 2 aromatic heterocycles. The molecule has 1 unspecified atom stereocenters. The van der Waals surface area contributed by atoms with Gasteiger partial charge in [-0.1, -0.05) is 6.92 Å². The van der Waals surface area contributed by atoms with Crippen molar-refractivity contribution in [1.29, 1.82) is 0 Å². The minimum atomic E-state index is -3.48. The minimum absolute atomic E-state index is 0.0534. The fourth-order valence-electron chi connectivity index (χ4n) is 1.77. The van der Waals surface area contributed by atoms with Crippen LogP contribution in [0.4, 0.5) is 0 Å². The average Bonchev–Trinajstić information content (AvgIpc) is 3.05. The zero-order chi connectivity index (χ0) is 14.8. The summed E-state index contributed by atoms with van der Waals surface area (Å²) in [6.45, 7) is 4.44. The number of thiazole rings is 1. The number of rotatable bonds is 6. The molecule has 0 aliphatic carbocycles. The summed E-state index contributed by atoms with van der Waals surface area (Å²) in [5.41, 5.74) is 5.55. The van der Waals surface area contributed by atoms with Crippen LogP contribution in [0.25, 0.3) is 0 Å². The van der Waals surface area contributed by atoms with Gasteiger partial charge in [0, 0.05) is 40.3 Å². The Morgan fingerprint density at radius 1 is 1.50 bits per heavy atom. The molecule has 3 N–H and O–H groups in total. The lowest BCUT2D eigenvalue weighted by atomic mass is 10.2. The van der Waals surface area contributed by atoms with E-state index in [2.05, 4.69) is 9.71 Å². The topological polar surface area (TPSA) is 85.1 Å². The van der Waals surface area contributed by atoms with Crippen molar-refractivity contribution in [3.63, 3.8) is 0 Å². The number of nitrogens with two attached hydrogens (primary N) is 1. The Labute approximate surface area is 126 Å². The van der Waals surface area contributed by atoms with Crippen molar-refractivity contribution >= 4 is 32.7 Å². The molecular formula is C12H17N3O2S3. The van der Waals surface area contributed by atoms with Crippen molar-refractivity contribution in [2.24, 2.45) is 5.73 Å². The summed E-state index contributed by atoms with van der Waals surface area (Å²) in [7, 11) is -3.48. The molecule has 0 radical (unpaired) electrons. The van der Waals surface area contributed by atoms with E-state index in [0.29, 0.717) is 18.0 Å². The molecule has 0 spiro atoms. The van der Waals surface area contributed by atoms with Crippen LogP contribution >= 0.6 is 22.7 Å². The number of hydrogen-bond donors (Lipinski definition) is 2. The molecule has 1 atom stereocenters. The van der Waals surface area contributed by atoms with Gasteiger partial charge < -0.3 is 5.73 Å². The molecule has 0 aromatic carbocycles. The van der Waals surface area contributed by atoms with Crippen molar-refractivity contribution in [1.82, 2.24) is 9.71 Å². The highest BCUT2D eigenvalue weighted by Gasteiger charge is 2.21. The van der Waals surface area contributed by atoms with Gasteiger partial charge in [-0.25, -0.2) is 18.1 Å². The van der Waals surface area contributed by atoms with Gasteiger partial charge in [-0.2, -0.15) is 0 Å². The van der Waals surface area contributed by atoms with Crippen molar-refractivity contribution in [3.8, 4) is 0 Å². The fraction of sp³-hybridized carbons (Fsp3) is 0.417. The molecule has 8 heteroatoms. The van der Waals surface area contributed by atoms with Crippen LogP contribution in [0.3, 0.4) is 0 Å².